The van der Waals surface area contributed by atoms with Crippen molar-refractivity contribution in [3.63, 3.8) is 0 Å². The Labute approximate surface area is 129 Å². The Morgan fingerprint density at radius 3 is 1.00 bits per heavy atom. The summed E-state index contributed by atoms with van der Waals surface area (Å²) in [6.45, 7) is 0. The molecular weight excluding hydrogens is 259 g/mol. The molecule has 0 spiro atoms. The molecular formula is H3CeFeKMg. The first kappa shape index (κ1) is 23.9. The van der Waals surface area contributed by atoms with Crippen LogP contribution in [0.2, 0.25) is 0 Å². The molecule has 0 nitrogen and oxygen atoms in total. The molecule has 0 aromatic carbocycles. The maximum absolute atomic E-state index is 0. The minimum atomic E-state index is 0. The van der Waals surface area contributed by atoms with Crippen LogP contribution in [-0.4, -0.2) is 74.4 Å². The van der Waals surface area contributed by atoms with Gasteiger partial charge in [0, 0.05) is 58.8 Å². The second-order valence-electron chi connectivity index (χ2n) is 0. The van der Waals surface area contributed by atoms with E-state index < -0.39 is 0 Å². The van der Waals surface area contributed by atoms with Crippen LogP contribution in [-0.2, 0) is 17.1 Å². The Morgan fingerprint density at radius 2 is 1.00 bits per heavy atom. The minimum Gasteiger partial charge on any atom is 0.316 e. The van der Waals surface area contributed by atoms with Crippen LogP contribution in [0.15, 0.2) is 0 Å². The summed E-state index contributed by atoms with van der Waals surface area (Å²) in [5.74, 6) is 0. The van der Waals surface area contributed by atoms with Crippen molar-refractivity contribution < 1.29 is 58.8 Å². The molecule has 0 aliphatic heterocycles. The SMILES string of the molecule is [Ce].[Fe].[KH].[MgH2]. The summed E-state index contributed by atoms with van der Waals surface area (Å²) in [7, 11) is 0. The van der Waals surface area contributed by atoms with Gasteiger partial charge in [-0.3, -0.25) is 0 Å². The van der Waals surface area contributed by atoms with E-state index in [-0.39, 0.29) is 133 Å². The zero-order chi connectivity index (χ0) is 0. The van der Waals surface area contributed by atoms with E-state index in [4.69, 9.17) is 0 Å². The van der Waals surface area contributed by atoms with Crippen molar-refractivity contribution in [3.8, 4) is 0 Å². The maximum Gasteiger partial charge on any atom is 0.316 e. The van der Waals surface area contributed by atoms with E-state index in [2.05, 4.69) is 0 Å². The van der Waals surface area contributed by atoms with Crippen molar-refractivity contribution in [1.82, 2.24) is 0 Å². The fraction of sp³-hybridized carbons (Fsp3) is 0. The molecule has 0 aliphatic carbocycles. The van der Waals surface area contributed by atoms with Gasteiger partial charge in [-0.25, -0.2) is 0 Å². The molecule has 0 bridgehead atoms. The first-order valence-corrected chi connectivity index (χ1v) is 0. The van der Waals surface area contributed by atoms with Crippen LogP contribution >= 0.6 is 0 Å². The topological polar surface area (TPSA) is 0 Å². The molecule has 18 valence electrons. The van der Waals surface area contributed by atoms with Crippen molar-refractivity contribution in [3.05, 3.63) is 0 Å². The van der Waals surface area contributed by atoms with Gasteiger partial charge in [-0.1, -0.05) is 0 Å². The zero-order valence-electron chi connectivity index (χ0n) is 0.854. The van der Waals surface area contributed by atoms with E-state index >= 15 is 0 Å². The van der Waals surface area contributed by atoms with Gasteiger partial charge in [0.15, 0.2) is 0 Å². The number of hydrogen-bond acceptors (Lipinski definition) is 0. The van der Waals surface area contributed by atoms with Gasteiger partial charge in [0.2, 0.25) is 0 Å². The van der Waals surface area contributed by atoms with Gasteiger partial charge in [0.1, 0.15) is 0 Å². The Kier molecular flexibility index (Phi) is 93.7. The van der Waals surface area contributed by atoms with Crippen LogP contribution in [0.3, 0.4) is 0 Å². The molecule has 0 radical (unpaired) electrons. The van der Waals surface area contributed by atoms with Crippen molar-refractivity contribution in [1.29, 1.82) is 0 Å². The Morgan fingerprint density at radius 1 is 1.00 bits per heavy atom. The van der Waals surface area contributed by atoms with Crippen molar-refractivity contribution in [2.45, 2.75) is 0 Å². The molecule has 0 heterocycles. The third-order valence-electron chi connectivity index (χ3n) is 0. The first-order chi connectivity index (χ1) is 0. The van der Waals surface area contributed by atoms with Crippen LogP contribution in [0, 0.1) is 41.7 Å². The van der Waals surface area contributed by atoms with E-state index in [1.807, 2.05) is 0 Å². The standard InChI is InChI=1S/Ce.Fe.K.Mg.3H. The van der Waals surface area contributed by atoms with Gasteiger partial charge < -0.3 is 0 Å². The van der Waals surface area contributed by atoms with Crippen LogP contribution in [0.1, 0.15) is 0 Å². The molecule has 0 saturated carbocycles. The molecule has 0 saturated heterocycles. The molecule has 0 N–H and O–H groups in total. The molecule has 0 atom stereocenters. The summed E-state index contributed by atoms with van der Waals surface area (Å²) in [5.41, 5.74) is 0. The summed E-state index contributed by atoms with van der Waals surface area (Å²) >= 11 is 0. The van der Waals surface area contributed by atoms with Gasteiger partial charge in [-0.15, -0.1) is 0 Å². The van der Waals surface area contributed by atoms with E-state index in [1.165, 1.54) is 0 Å². The summed E-state index contributed by atoms with van der Waals surface area (Å²) in [5, 5.41) is 0. The largest absolute Gasteiger partial charge is 0.316 e. The summed E-state index contributed by atoms with van der Waals surface area (Å²) in [4.78, 5) is 0. The van der Waals surface area contributed by atoms with E-state index in [0.717, 1.165) is 0 Å². The van der Waals surface area contributed by atoms with Crippen LogP contribution in [0.5, 0.6) is 0 Å². The summed E-state index contributed by atoms with van der Waals surface area (Å²) in [6.07, 6.45) is 0. The predicted octanol–water partition coefficient (Wildman–Crippen LogP) is -1.57. The van der Waals surface area contributed by atoms with Gasteiger partial charge in [0.25, 0.3) is 0 Å². The fourth-order valence-electron chi connectivity index (χ4n) is 0. The molecule has 0 aromatic heterocycles. The number of rotatable bonds is 0. The van der Waals surface area contributed by atoms with E-state index in [1.54, 1.807) is 0 Å². The maximum atomic E-state index is 0. The molecule has 0 rings (SSSR count). The second-order valence-corrected chi connectivity index (χ2v) is 0. The summed E-state index contributed by atoms with van der Waals surface area (Å²) in [6, 6.07) is 0. The van der Waals surface area contributed by atoms with Crippen molar-refractivity contribution in [2.75, 3.05) is 0 Å². The van der Waals surface area contributed by atoms with Crippen LogP contribution < -0.4 is 0 Å². The quantitative estimate of drug-likeness (QED) is 0.463. The fourth-order valence-corrected chi connectivity index (χ4v) is 0. The average molecular weight is 262 g/mol. The van der Waals surface area contributed by atoms with Crippen LogP contribution in [0.25, 0.3) is 0 Å². The van der Waals surface area contributed by atoms with Gasteiger partial charge in [0.05, 0.1) is 0 Å². The van der Waals surface area contributed by atoms with Gasteiger partial charge in [-0.2, -0.15) is 0 Å². The van der Waals surface area contributed by atoms with Crippen LogP contribution in [0.4, 0.5) is 0 Å². The van der Waals surface area contributed by atoms with Crippen molar-refractivity contribution in [2.24, 2.45) is 0 Å². The Hall–Kier alpha value is 4.30. The Bertz CT molecular complexity index is 8.00. The summed E-state index contributed by atoms with van der Waals surface area (Å²) < 4.78 is 0. The smallest absolute Gasteiger partial charge is 0.316 e. The first-order valence-electron chi connectivity index (χ1n) is 0. The Balaban J connectivity index is 0. The van der Waals surface area contributed by atoms with Gasteiger partial charge >= 0.3 is 74.4 Å². The third kappa shape index (κ3) is 9.57. The normalized spacial score (nSPS) is 0. The molecule has 4 heteroatoms. The average Bonchev–Trinajstić information content (AvgIpc) is 0. The monoisotopic (exact) mass is 262 g/mol. The minimum absolute atomic E-state index is 0. The second kappa shape index (κ2) is 15.7. The van der Waals surface area contributed by atoms with E-state index in [0.29, 0.717) is 0 Å². The molecule has 0 aliphatic rings. The van der Waals surface area contributed by atoms with Crippen molar-refractivity contribution >= 4 is 74.4 Å². The molecule has 4 heavy (non-hydrogen) atoms. The molecule has 0 aromatic rings. The molecule has 0 unspecified atom stereocenters. The molecule has 0 amide bonds. The number of hydrogen-bond donors (Lipinski definition) is 0. The molecule has 0 fully saturated rings. The van der Waals surface area contributed by atoms with Gasteiger partial charge in [-0.05, 0) is 0 Å². The predicted molar refractivity (Wildman–Crippen MR) is 15.7 cm³/mol. The third-order valence-corrected chi connectivity index (χ3v) is 0. The van der Waals surface area contributed by atoms with E-state index in [9.17, 15) is 0 Å². The zero-order valence-corrected chi connectivity index (χ0v) is 5.10.